The number of aryl methyl sites for hydroxylation is 2. The third-order valence-corrected chi connectivity index (χ3v) is 3.63. The van der Waals surface area contributed by atoms with Crippen LogP contribution in [-0.2, 0) is 12.6 Å². The molecule has 1 aromatic carbocycles. The van der Waals surface area contributed by atoms with E-state index in [2.05, 4.69) is 20.6 Å². The van der Waals surface area contributed by atoms with Crippen LogP contribution in [0.5, 0.6) is 0 Å². The van der Waals surface area contributed by atoms with Gasteiger partial charge >= 0.3 is 6.18 Å². The summed E-state index contributed by atoms with van der Waals surface area (Å²) in [4.78, 5) is 7.63. The number of nitrogens with zero attached hydrogens (tertiary/aromatic N) is 2. The second-order valence-electron chi connectivity index (χ2n) is 5.55. The summed E-state index contributed by atoms with van der Waals surface area (Å²) in [5.74, 6) is -0.0600. The predicted molar refractivity (Wildman–Crippen MR) is 91.1 cm³/mol. The lowest BCUT2D eigenvalue weighted by Crippen LogP contribution is -2.14. The Morgan fingerprint density at radius 3 is 2.60 bits per heavy atom. The summed E-state index contributed by atoms with van der Waals surface area (Å²) < 4.78 is 39.3. The molecule has 5 nitrogen and oxygen atoms in total. The van der Waals surface area contributed by atoms with Crippen LogP contribution >= 0.6 is 0 Å². The Labute approximate surface area is 144 Å². The number of anilines is 3. The SMILES string of the molecule is CCc1cccc(C)c1Nc1cc(C(F)(F)F)nc(NCCCO)n1. The molecule has 1 heterocycles. The fourth-order valence-corrected chi connectivity index (χ4v) is 2.34. The zero-order valence-electron chi connectivity index (χ0n) is 14.1. The molecule has 0 fully saturated rings. The van der Waals surface area contributed by atoms with E-state index in [-0.39, 0.29) is 24.9 Å². The lowest BCUT2D eigenvalue weighted by molar-refractivity contribution is -0.141. The first-order chi connectivity index (χ1) is 11.8. The zero-order valence-corrected chi connectivity index (χ0v) is 14.1. The maximum absolute atomic E-state index is 13.1. The second kappa shape index (κ2) is 8.15. The summed E-state index contributed by atoms with van der Waals surface area (Å²) in [6.07, 6.45) is -3.45. The van der Waals surface area contributed by atoms with Gasteiger partial charge in [0.15, 0.2) is 5.69 Å². The van der Waals surface area contributed by atoms with Crippen LogP contribution in [0.25, 0.3) is 0 Å². The minimum absolute atomic E-state index is 0.0674. The average Bonchev–Trinajstić information content (AvgIpc) is 2.56. The van der Waals surface area contributed by atoms with E-state index in [1.165, 1.54) is 0 Å². The molecule has 25 heavy (non-hydrogen) atoms. The van der Waals surface area contributed by atoms with Gasteiger partial charge in [0.1, 0.15) is 5.82 Å². The Morgan fingerprint density at radius 1 is 1.20 bits per heavy atom. The van der Waals surface area contributed by atoms with Gasteiger partial charge in [0, 0.05) is 24.9 Å². The molecule has 1 aromatic heterocycles. The minimum Gasteiger partial charge on any atom is -0.396 e. The van der Waals surface area contributed by atoms with Gasteiger partial charge in [-0.2, -0.15) is 18.2 Å². The Hall–Kier alpha value is -2.35. The first-order valence-electron chi connectivity index (χ1n) is 8.01. The molecule has 0 unspecified atom stereocenters. The Bertz CT molecular complexity index is 720. The number of alkyl halides is 3. The Morgan fingerprint density at radius 2 is 1.96 bits per heavy atom. The summed E-state index contributed by atoms with van der Waals surface area (Å²) in [5.41, 5.74) is 1.63. The number of halogens is 3. The highest BCUT2D eigenvalue weighted by Crippen LogP contribution is 2.31. The lowest BCUT2D eigenvalue weighted by atomic mass is 10.1. The molecule has 0 spiro atoms. The smallest absolute Gasteiger partial charge is 0.396 e. The van der Waals surface area contributed by atoms with Gasteiger partial charge in [-0.1, -0.05) is 25.1 Å². The monoisotopic (exact) mass is 354 g/mol. The second-order valence-corrected chi connectivity index (χ2v) is 5.55. The van der Waals surface area contributed by atoms with E-state index < -0.39 is 11.9 Å². The highest BCUT2D eigenvalue weighted by Gasteiger charge is 2.33. The summed E-state index contributed by atoms with van der Waals surface area (Å²) in [5, 5.41) is 14.5. The maximum atomic E-state index is 13.1. The van der Waals surface area contributed by atoms with E-state index in [9.17, 15) is 13.2 Å². The quantitative estimate of drug-likeness (QED) is 0.658. The molecule has 0 aliphatic carbocycles. The van der Waals surface area contributed by atoms with Crippen molar-refractivity contribution >= 4 is 17.5 Å². The van der Waals surface area contributed by atoms with Gasteiger partial charge in [0.05, 0.1) is 0 Å². The van der Waals surface area contributed by atoms with Crippen molar-refractivity contribution in [3.05, 3.63) is 41.1 Å². The van der Waals surface area contributed by atoms with Gasteiger partial charge in [0.25, 0.3) is 0 Å². The van der Waals surface area contributed by atoms with E-state index >= 15 is 0 Å². The first kappa shape index (κ1) is 19.0. The van der Waals surface area contributed by atoms with Crippen molar-refractivity contribution in [2.24, 2.45) is 0 Å². The van der Waals surface area contributed by atoms with Crippen LogP contribution in [0.1, 0.15) is 30.2 Å². The lowest BCUT2D eigenvalue weighted by Gasteiger charge is -2.16. The molecule has 136 valence electrons. The van der Waals surface area contributed by atoms with Crippen molar-refractivity contribution in [1.82, 2.24) is 9.97 Å². The molecule has 0 aliphatic heterocycles. The summed E-state index contributed by atoms with van der Waals surface area (Å²) in [6, 6.07) is 6.60. The Kier molecular flexibility index (Phi) is 6.19. The summed E-state index contributed by atoms with van der Waals surface area (Å²) in [7, 11) is 0. The number of hydrogen-bond donors (Lipinski definition) is 3. The number of rotatable bonds is 7. The average molecular weight is 354 g/mol. The fraction of sp³-hybridized carbons (Fsp3) is 0.412. The van der Waals surface area contributed by atoms with Crippen LogP contribution in [0.15, 0.2) is 24.3 Å². The zero-order chi connectivity index (χ0) is 18.4. The maximum Gasteiger partial charge on any atom is 0.433 e. The predicted octanol–water partition coefficient (Wildman–Crippen LogP) is 3.90. The largest absolute Gasteiger partial charge is 0.433 e. The van der Waals surface area contributed by atoms with E-state index in [1.54, 1.807) is 0 Å². The van der Waals surface area contributed by atoms with E-state index in [0.717, 1.165) is 29.3 Å². The molecular weight excluding hydrogens is 333 g/mol. The van der Waals surface area contributed by atoms with Crippen molar-refractivity contribution < 1.29 is 18.3 Å². The number of para-hydroxylation sites is 1. The van der Waals surface area contributed by atoms with Gasteiger partial charge in [-0.05, 0) is 30.9 Å². The number of benzene rings is 1. The fourth-order valence-electron chi connectivity index (χ4n) is 2.34. The number of aliphatic hydroxyl groups is 1. The van der Waals surface area contributed by atoms with Gasteiger partial charge < -0.3 is 15.7 Å². The summed E-state index contributed by atoms with van der Waals surface area (Å²) in [6.45, 7) is 4.07. The van der Waals surface area contributed by atoms with Gasteiger partial charge in [0.2, 0.25) is 5.95 Å². The number of aromatic nitrogens is 2. The third kappa shape index (κ3) is 5.06. The van der Waals surface area contributed by atoms with Gasteiger partial charge in [-0.3, -0.25) is 0 Å². The molecule has 0 bridgehead atoms. The van der Waals surface area contributed by atoms with E-state index in [1.807, 2.05) is 32.0 Å². The molecule has 0 saturated carbocycles. The van der Waals surface area contributed by atoms with Crippen LogP contribution in [-0.4, -0.2) is 28.2 Å². The van der Waals surface area contributed by atoms with Crippen LogP contribution < -0.4 is 10.6 Å². The molecule has 0 amide bonds. The van der Waals surface area contributed by atoms with Crippen LogP contribution in [0.3, 0.4) is 0 Å². The van der Waals surface area contributed by atoms with Gasteiger partial charge in [-0.25, -0.2) is 4.98 Å². The van der Waals surface area contributed by atoms with Gasteiger partial charge in [-0.15, -0.1) is 0 Å². The first-order valence-corrected chi connectivity index (χ1v) is 8.01. The van der Waals surface area contributed by atoms with Crippen molar-refractivity contribution in [3.63, 3.8) is 0 Å². The number of nitrogens with one attached hydrogen (secondary N) is 2. The Balaban J connectivity index is 2.38. The molecule has 2 rings (SSSR count). The normalized spacial score (nSPS) is 11.4. The van der Waals surface area contributed by atoms with Crippen LogP contribution in [0.2, 0.25) is 0 Å². The molecule has 0 aliphatic rings. The van der Waals surface area contributed by atoms with Crippen LogP contribution in [0.4, 0.5) is 30.6 Å². The minimum atomic E-state index is -4.58. The molecule has 0 radical (unpaired) electrons. The van der Waals surface area contributed by atoms with Crippen molar-refractivity contribution in [2.75, 3.05) is 23.8 Å². The molecule has 0 atom stereocenters. The highest BCUT2D eigenvalue weighted by molar-refractivity contribution is 5.65. The van der Waals surface area contributed by atoms with E-state index in [4.69, 9.17) is 5.11 Å². The topological polar surface area (TPSA) is 70.1 Å². The number of aliphatic hydroxyl groups excluding tert-OH is 1. The summed E-state index contributed by atoms with van der Waals surface area (Å²) >= 11 is 0. The standard InChI is InChI=1S/C17H21F3N4O/c1-3-12-7-4-6-11(2)15(12)23-14-10-13(17(18,19)20)22-16(24-14)21-8-5-9-25/h4,6-7,10,25H,3,5,8-9H2,1-2H3,(H2,21,22,23,24). The molecular formula is C17H21F3N4O. The van der Waals surface area contributed by atoms with E-state index in [0.29, 0.717) is 6.42 Å². The number of hydrogen-bond acceptors (Lipinski definition) is 5. The van der Waals surface area contributed by atoms with Crippen molar-refractivity contribution in [3.8, 4) is 0 Å². The molecule has 3 N–H and O–H groups in total. The van der Waals surface area contributed by atoms with Crippen molar-refractivity contribution in [2.45, 2.75) is 32.9 Å². The molecule has 2 aromatic rings. The third-order valence-electron chi connectivity index (χ3n) is 3.63. The van der Waals surface area contributed by atoms with Crippen molar-refractivity contribution in [1.29, 1.82) is 0 Å². The highest BCUT2D eigenvalue weighted by atomic mass is 19.4. The molecule has 8 heteroatoms. The molecule has 0 saturated heterocycles. The van der Waals surface area contributed by atoms with Crippen LogP contribution in [0, 0.1) is 6.92 Å².